The maximum atomic E-state index is 13.1. The standard InChI is InChI=1S/C19H23N5O2S/c1-4-13-16(20-2)21-12-22-17(13)23-9-10-24(19(11-23)7-8-19)18(25)14-5-6-15(26-3)27-14/h4-6,12H,1,7-11H2,2-3H3,(H,20,21,22). The molecule has 2 fully saturated rings. The summed E-state index contributed by atoms with van der Waals surface area (Å²) in [5, 5.41) is 3.86. The molecule has 1 saturated carbocycles. The van der Waals surface area contributed by atoms with Crippen LogP contribution in [0, 0.1) is 0 Å². The summed E-state index contributed by atoms with van der Waals surface area (Å²) in [6.07, 6.45) is 5.40. The van der Waals surface area contributed by atoms with Crippen LogP contribution in [0.25, 0.3) is 6.08 Å². The molecular weight excluding hydrogens is 362 g/mol. The number of hydrogen-bond donors (Lipinski definition) is 1. The summed E-state index contributed by atoms with van der Waals surface area (Å²) < 4.78 is 5.23. The van der Waals surface area contributed by atoms with Gasteiger partial charge in [0.1, 0.15) is 18.0 Å². The van der Waals surface area contributed by atoms with E-state index in [9.17, 15) is 4.79 Å². The molecule has 1 saturated heterocycles. The summed E-state index contributed by atoms with van der Waals surface area (Å²) in [6, 6.07) is 3.71. The van der Waals surface area contributed by atoms with Crippen LogP contribution in [0.15, 0.2) is 25.0 Å². The molecule has 1 amide bonds. The van der Waals surface area contributed by atoms with Gasteiger partial charge in [-0.25, -0.2) is 9.97 Å². The predicted molar refractivity (Wildman–Crippen MR) is 108 cm³/mol. The smallest absolute Gasteiger partial charge is 0.264 e. The molecule has 3 heterocycles. The molecular formula is C19H23N5O2S. The molecule has 2 aliphatic rings. The molecule has 0 bridgehead atoms. The van der Waals surface area contributed by atoms with Gasteiger partial charge in [0.15, 0.2) is 5.06 Å². The lowest BCUT2D eigenvalue weighted by molar-refractivity contribution is 0.0629. The van der Waals surface area contributed by atoms with Crippen LogP contribution in [-0.4, -0.2) is 60.1 Å². The molecule has 2 aromatic rings. The van der Waals surface area contributed by atoms with Gasteiger partial charge in [-0.1, -0.05) is 24.0 Å². The van der Waals surface area contributed by atoms with E-state index < -0.39 is 0 Å². The molecule has 0 unspecified atom stereocenters. The molecule has 2 aromatic heterocycles. The third-order valence-corrected chi connectivity index (χ3v) is 6.35. The van der Waals surface area contributed by atoms with Crippen LogP contribution >= 0.6 is 11.3 Å². The van der Waals surface area contributed by atoms with Gasteiger partial charge >= 0.3 is 0 Å². The zero-order chi connectivity index (χ0) is 19.0. The number of carbonyl (C=O) groups excluding carboxylic acids is 1. The van der Waals surface area contributed by atoms with Crippen LogP contribution < -0.4 is 15.0 Å². The average molecular weight is 385 g/mol. The van der Waals surface area contributed by atoms with Gasteiger partial charge in [0.2, 0.25) is 0 Å². The minimum Gasteiger partial charge on any atom is -0.487 e. The second-order valence-corrected chi connectivity index (χ2v) is 7.89. The Morgan fingerprint density at radius 3 is 2.81 bits per heavy atom. The Bertz CT molecular complexity index is 877. The van der Waals surface area contributed by atoms with Gasteiger partial charge in [-0.3, -0.25) is 4.79 Å². The summed E-state index contributed by atoms with van der Waals surface area (Å²) in [7, 11) is 3.47. The molecule has 0 aromatic carbocycles. The highest BCUT2D eigenvalue weighted by Gasteiger charge is 2.53. The van der Waals surface area contributed by atoms with Crippen LogP contribution in [0.1, 0.15) is 28.1 Å². The summed E-state index contributed by atoms with van der Waals surface area (Å²) in [6.45, 7) is 6.11. The van der Waals surface area contributed by atoms with E-state index in [0.29, 0.717) is 6.54 Å². The summed E-state index contributed by atoms with van der Waals surface area (Å²) in [5.74, 6) is 1.74. The topological polar surface area (TPSA) is 70.6 Å². The van der Waals surface area contributed by atoms with Gasteiger partial charge in [-0.15, -0.1) is 0 Å². The van der Waals surface area contributed by atoms with Crippen molar-refractivity contribution in [3.8, 4) is 5.06 Å². The molecule has 0 atom stereocenters. The number of carbonyl (C=O) groups is 1. The van der Waals surface area contributed by atoms with Gasteiger partial charge in [0.25, 0.3) is 5.91 Å². The monoisotopic (exact) mass is 385 g/mol. The Hall–Kier alpha value is -2.61. The fourth-order valence-electron chi connectivity index (χ4n) is 3.75. The van der Waals surface area contributed by atoms with E-state index in [4.69, 9.17) is 4.74 Å². The van der Waals surface area contributed by atoms with Crippen molar-refractivity contribution in [1.29, 1.82) is 0 Å². The van der Waals surface area contributed by atoms with Crippen LogP contribution in [0.4, 0.5) is 11.6 Å². The third-order valence-electron chi connectivity index (χ3n) is 5.32. The Morgan fingerprint density at radius 2 is 2.19 bits per heavy atom. The number of aromatic nitrogens is 2. The Kier molecular flexibility index (Phi) is 4.51. The van der Waals surface area contributed by atoms with Gasteiger partial charge in [0.05, 0.1) is 23.1 Å². The molecule has 1 aliphatic heterocycles. The van der Waals surface area contributed by atoms with E-state index in [2.05, 4.69) is 26.8 Å². The van der Waals surface area contributed by atoms with Crippen molar-refractivity contribution < 1.29 is 9.53 Å². The minimum absolute atomic E-state index is 0.1000. The van der Waals surface area contributed by atoms with Crippen LogP contribution in [0.5, 0.6) is 5.06 Å². The molecule has 1 spiro atoms. The molecule has 1 N–H and O–H groups in total. The van der Waals surface area contributed by atoms with Crippen LogP contribution in [0.3, 0.4) is 0 Å². The summed E-state index contributed by atoms with van der Waals surface area (Å²) in [5.41, 5.74) is 0.800. The Labute approximate surface area is 162 Å². The minimum atomic E-state index is -0.101. The van der Waals surface area contributed by atoms with Crippen molar-refractivity contribution in [2.75, 3.05) is 44.0 Å². The van der Waals surface area contributed by atoms with E-state index in [-0.39, 0.29) is 11.4 Å². The third kappa shape index (κ3) is 3.03. The molecule has 1 aliphatic carbocycles. The van der Waals surface area contributed by atoms with Crippen molar-refractivity contribution in [2.24, 2.45) is 0 Å². The number of nitrogens with one attached hydrogen (secondary N) is 1. The highest BCUT2D eigenvalue weighted by atomic mass is 32.1. The van der Waals surface area contributed by atoms with Gasteiger partial charge in [0, 0.05) is 26.7 Å². The largest absolute Gasteiger partial charge is 0.487 e. The van der Waals surface area contributed by atoms with Crippen LogP contribution in [0.2, 0.25) is 0 Å². The van der Waals surface area contributed by atoms with Gasteiger partial charge in [-0.2, -0.15) is 0 Å². The molecule has 0 radical (unpaired) electrons. The fourth-order valence-corrected chi connectivity index (χ4v) is 4.52. The molecule has 8 heteroatoms. The number of amides is 1. The van der Waals surface area contributed by atoms with Crippen molar-refractivity contribution in [2.45, 2.75) is 18.4 Å². The highest BCUT2D eigenvalue weighted by Crippen LogP contribution is 2.46. The van der Waals surface area contributed by atoms with Crippen molar-refractivity contribution >= 4 is 35.0 Å². The summed E-state index contributed by atoms with van der Waals surface area (Å²) in [4.78, 5) is 26.9. The number of ether oxygens (including phenoxy) is 1. The predicted octanol–water partition coefficient (Wildman–Crippen LogP) is 2.73. The number of anilines is 2. The first-order valence-corrected chi connectivity index (χ1v) is 9.79. The normalized spacial score (nSPS) is 17.7. The fraction of sp³-hybridized carbons (Fsp3) is 0.421. The number of nitrogens with zero attached hydrogens (tertiary/aromatic N) is 4. The van der Waals surface area contributed by atoms with E-state index in [1.54, 1.807) is 19.5 Å². The van der Waals surface area contributed by atoms with Crippen molar-refractivity contribution in [1.82, 2.24) is 14.9 Å². The maximum Gasteiger partial charge on any atom is 0.264 e. The zero-order valence-electron chi connectivity index (χ0n) is 15.6. The average Bonchev–Trinajstić information content (AvgIpc) is 3.29. The quantitative estimate of drug-likeness (QED) is 0.853. The number of piperazine rings is 1. The first-order chi connectivity index (χ1) is 13.1. The second kappa shape index (κ2) is 6.84. The first-order valence-electron chi connectivity index (χ1n) is 8.98. The van der Waals surface area contributed by atoms with Gasteiger partial charge < -0.3 is 19.9 Å². The Balaban J connectivity index is 1.57. The van der Waals surface area contributed by atoms with Gasteiger partial charge in [-0.05, 0) is 25.0 Å². The molecule has 4 rings (SSSR count). The van der Waals surface area contributed by atoms with E-state index in [0.717, 1.165) is 53.1 Å². The van der Waals surface area contributed by atoms with Crippen molar-refractivity contribution in [3.63, 3.8) is 0 Å². The Morgan fingerprint density at radius 1 is 1.37 bits per heavy atom. The lowest BCUT2D eigenvalue weighted by Gasteiger charge is -2.43. The maximum absolute atomic E-state index is 13.1. The molecule has 142 valence electrons. The van der Waals surface area contributed by atoms with E-state index in [1.165, 1.54) is 11.3 Å². The number of methoxy groups -OCH3 is 1. The number of hydrogen-bond acceptors (Lipinski definition) is 7. The lowest BCUT2D eigenvalue weighted by atomic mass is 10.1. The SMILES string of the molecule is C=Cc1c(NC)ncnc1N1CCN(C(=O)c2ccc(OC)s2)C2(CC2)C1. The number of rotatable bonds is 5. The van der Waals surface area contributed by atoms with E-state index in [1.807, 2.05) is 24.1 Å². The lowest BCUT2D eigenvalue weighted by Crippen LogP contribution is -2.57. The highest BCUT2D eigenvalue weighted by molar-refractivity contribution is 7.15. The summed E-state index contributed by atoms with van der Waals surface area (Å²) >= 11 is 1.40. The van der Waals surface area contributed by atoms with Crippen LogP contribution in [-0.2, 0) is 0 Å². The first kappa shape index (κ1) is 17.8. The zero-order valence-corrected chi connectivity index (χ0v) is 16.4. The molecule has 27 heavy (non-hydrogen) atoms. The molecule has 7 nitrogen and oxygen atoms in total. The second-order valence-electron chi connectivity index (χ2n) is 6.84. The number of thiophene rings is 1. The van der Waals surface area contributed by atoms with Crippen molar-refractivity contribution in [3.05, 3.63) is 35.5 Å². The van der Waals surface area contributed by atoms with E-state index >= 15 is 0 Å².